The van der Waals surface area contributed by atoms with Gasteiger partial charge in [-0.2, -0.15) is 0 Å². The van der Waals surface area contributed by atoms with Gasteiger partial charge in [-0.3, -0.25) is 4.90 Å². The van der Waals surface area contributed by atoms with Crippen LogP contribution in [0.25, 0.3) is 0 Å². The molecular weight excluding hydrogens is 114 g/mol. The molecule has 0 saturated carbocycles. The first-order valence-electron chi connectivity index (χ1n) is 3.65. The Morgan fingerprint density at radius 3 is 2.00 bits per heavy atom. The van der Waals surface area contributed by atoms with E-state index in [9.17, 15) is 0 Å². The quantitative estimate of drug-likeness (QED) is 0.522. The zero-order valence-electron chi connectivity index (χ0n) is 6.68. The molecule has 0 spiro atoms. The Morgan fingerprint density at radius 2 is 1.67 bits per heavy atom. The zero-order valence-corrected chi connectivity index (χ0v) is 6.68. The summed E-state index contributed by atoms with van der Waals surface area (Å²) in [5.41, 5.74) is 0. The van der Waals surface area contributed by atoms with Gasteiger partial charge in [0.1, 0.15) is 0 Å². The number of hydrogen-bond acceptors (Lipinski definition) is 2. The third-order valence-corrected chi connectivity index (χ3v) is 1.37. The molecule has 0 fully saturated rings. The van der Waals surface area contributed by atoms with Crippen molar-refractivity contribution in [2.75, 3.05) is 26.4 Å². The summed E-state index contributed by atoms with van der Waals surface area (Å²) in [4.78, 5) is 2.24. The SMILES string of the molecule is CCOCN(CC)CC. The maximum atomic E-state index is 5.20. The smallest absolute Gasteiger partial charge is 0.0989 e. The van der Waals surface area contributed by atoms with E-state index in [2.05, 4.69) is 18.7 Å². The van der Waals surface area contributed by atoms with Crippen LogP contribution < -0.4 is 0 Å². The van der Waals surface area contributed by atoms with Gasteiger partial charge >= 0.3 is 0 Å². The fourth-order valence-corrected chi connectivity index (χ4v) is 0.627. The normalized spacial score (nSPS) is 10.7. The van der Waals surface area contributed by atoms with Crippen molar-refractivity contribution in [3.8, 4) is 0 Å². The predicted octanol–water partition coefficient (Wildman–Crippen LogP) is 1.32. The molecule has 2 nitrogen and oxygen atoms in total. The molecule has 56 valence electrons. The highest BCUT2D eigenvalue weighted by molar-refractivity contribution is 4.41. The molecule has 0 saturated heterocycles. The Bertz CT molecular complexity index is 52.9. The van der Waals surface area contributed by atoms with E-state index in [1.165, 1.54) is 0 Å². The number of ether oxygens (including phenoxy) is 1. The van der Waals surface area contributed by atoms with Gasteiger partial charge in [0.05, 0.1) is 6.73 Å². The number of rotatable bonds is 5. The molecule has 0 amide bonds. The second kappa shape index (κ2) is 6.05. The van der Waals surface area contributed by atoms with E-state index in [-0.39, 0.29) is 0 Å². The molecule has 0 aromatic carbocycles. The van der Waals surface area contributed by atoms with Crippen LogP contribution >= 0.6 is 0 Å². The summed E-state index contributed by atoms with van der Waals surface area (Å²) < 4.78 is 5.20. The van der Waals surface area contributed by atoms with Crippen molar-refractivity contribution in [3.05, 3.63) is 0 Å². The van der Waals surface area contributed by atoms with Gasteiger partial charge in [-0.1, -0.05) is 13.8 Å². The molecule has 0 bridgehead atoms. The fourth-order valence-electron chi connectivity index (χ4n) is 0.627. The highest BCUT2D eigenvalue weighted by Crippen LogP contribution is 1.85. The summed E-state index contributed by atoms with van der Waals surface area (Å²) in [6, 6.07) is 0. The van der Waals surface area contributed by atoms with E-state index < -0.39 is 0 Å². The molecule has 0 N–H and O–H groups in total. The minimum absolute atomic E-state index is 0.781. The molecule has 0 unspecified atom stereocenters. The average molecular weight is 131 g/mol. The summed E-state index contributed by atoms with van der Waals surface area (Å²) in [7, 11) is 0. The first-order chi connectivity index (χ1) is 4.35. The molecule has 0 aromatic heterocycles. The van der Waals surface area contributed by atoms with Crippen molar-refractivity contribution < 1.29 is 4.74 Å². The molecule has 0 aliphatic heterocycles. The van der Waals surface area contributed by atoms with Crippen molar-refractivity contribution in [1.82, 2.24) is 4.90 Å². The van der Waals surface area contributed by atoms with Gasteiger partial charge in [-0.15, -0.1) is 0 Å². The lowest BCUT2D eigenvalue weighted by Gasteiger charge is -2.16. The molecule has 2 heteroatoms. The van der Waals surface area contributed by atoms with Gasteiger partial charge in [-0.05, 0) is 20.0 Å². The van der Waals surface area contributed by atoms with E-state index in [1.54, 1.807) is 0 Å². The summed E-state index contributed by atoms with van der Waals surface area (Å²) >= 11 is 0. The van der Waals surface area contributed by atoms with Crippen LogP contribution in [0.15, 0.2) is 0 Å². The number of nitrogens with zero attached hydrogens (tertiary/aromatic N) is 1. The van der Waals surface area contributed by atoms with Gasteiger partial charge in [0.25, 0.3) is 0 Å². The van der Waals surface area contributed by atoms with Crippen LogP contribution in [0.5, 0.6) is 0 Å². The predicted molar refractivity (Wildman–Crippen MR) is 39.4 cm³/mol. The van der Waals surface area contributed by atoms with E-state index in [4.69, 9.17) is 4.74 Å². The second-order valence-corrected chi connectivity index (χ2v) is 1.93. The van der Waals surface area contributed by atoms with Crippen LogP contribution in [0, 0.1) is 0 Å². The fraction of sp³-hybridized carbons (Fsp3) is 1.00. The highest BCUT2D eigenvalue weighted by Gasteiger charge is 1.94. The molecule has 0 atom stereocenters. The Morgan fingerprint density at radius 1 is 1.11 bits per heavy atom. The summed E-state index contributed by atoms with van der Waals surface area (Å²) in [5, 5.41) is 0. The van der Waals surface area contributed by atoms with E-state index in [0.29, 0.717) is 0 Å². The molecular formula is C7H17NO. The van der Waals surface area contributed by atoms with Crippen LogP contribution in [-0.2, 0) is 4.74 Å². The zero-order chi connectivity index (χ0) is 7.11. The van der Waals surface area contributed by atoms with E-state index >= 15 is 0 Å². The summed E-state index contributed by atoms with van der Waals surface area (Å²) in [5.74, 6) is 0. The van der Waals surface area contributed by atoms with Gasteiger partial charge in [0, 0.05) is 6.61 Å². The minimum Gasteiger partial charge on any atom is -0.366 e. The Balaban J connectivity index is 3.09. The maximum Gasteiger partial charge on any atom is 0.0989 e. The summed E-state index contributed by atoms with van der Waals surface area (Å²) in [6.45, 7) is 10.1. The van der Waals surface area contributed by atoms with Crippen molar-refractivity contribution in [1.29, 1.82) is 0 Å². The second-order valence-electron chi connectivity index (χ2n) is 1.93. The van der Waals surface area contributed by atoms with Crippen molar-refractivity contribution in [2.24, 2.45) is 0 Å². The topological polar surface area (TPSA) is 12.5 Å². The van der Waals surface area contributed by atoms with Crippen LogP contribution in [0.2, 0.25) is 0 Å². The third kappa shape index (κ3) is 4.43. The van der Waals surface area contributed by atoms with Crippen molar-refractivity contribution in [2.45, 2.75) is 20.8 Å². The monoisotopic (exact) mass is 131 g/mol. The Hall–Kier alpha value is -0.0800. The molecule has 0 aromatic rings. The lowest BCUT2D eigenvalue weighted by Crippen LogP contribution is -2.25. The molecule has 9 heavy (non-hydrogen) atoms. The summed E-state index contributed by atoms with van der Waals surface area (Å²) in [6.07, 6.45) is 0. The average Bonchev–Trinajstić information content (AvgIpc) is 1.91. The lowest BCUT2D eigenvalue weighted by atomic mass is 10.6. The van der Waals surface area contributed by atoms with Gasteiger partial charge in [-0.25, -0.2) is 0 Å². The van der Waals surface area contributed by atoms with Gasteiger partial charge in [0.15, 0.2) is 0 Å². The van der Waals surface area contributed by atoms with Crippen LogP contribution in [-0.4, -0.2) is 31.3 Å². The molecule has 0 aliphatic rings. The highest BCUT2D eigenvalue weighted by atomic mass is 16.5. The minimum atomic E-state index is 0.781. The van der Waals surface area contributed by atoms with E-state index in [1.807, 2.05) is 6.92 Å². The molecule has 0 aliphatic carbocycles. The number of hydrogen-bond donors (Lipinski definition) is 0. The largest absolute Gasteiger partial charge is 0.366 e. The Kier molecular flexibility index (Phi) is 5.99. The standard InChI is InChI=1S/C7H17NO/c1-4-8(5-2)7-9-6-3/h4-7H2,1-3H3. The lowest BCUT2D eigenvalue weighted by molar-refractivity contribution is 0.0417. The Labute approximate surface area is 57.8 Å². The van der Waals surface area contributed by atoms with Crippen LogP contribution in [0.1, 0.15) is 20.8 Å². The van der Waals surface area contributed by atoms with E-state index in [0.717, 1.165) is 26.4 Å². The van der Waals surface area contributed by atoms with Gasteiger partial charge in [0.2, 0.25) is 0 Å². The van der Waals surface area contributed by atoms with Crippen LogP contribution in [0.3, 0.4) is 0 Å². The van der Waals surface area contributed by atoms with Crippen LogP contribution in [0.4, 0.5) is 0 Å². The first kappa shape index (κ1) is 8.92. The van der Waals surface area contributed by atoms with Crippen molar-refractivity contribution >= 4 is 0 Å². The first-order valence-corrected chi connectivity index (χ1v) is 3.65. The third-order valence-electron chi connectivity index (χ3n) is 1.37. The van der Waals surface area contributed by atoms with Crippen molar-refractivity contribution in [3.63, 3.8) is 0 Å². The molecule has 0 heterocycles. The van der Waals surface area contributed by atoms with Gasteiger partial charge < -0.3 is 4.74 Å². The maximum absolute atomic E-state index is 5.20. The molecule has 0 rings (SSSR count). The molecule has 0 radical (unpaired) electrons.